The molecule has 0 amide bonds. The Morgan fingerprint density at radius 2 is 2.10 bits per heavy atom. The van der Waals surface area contributed by atoms with Gasteiger partial charge >= 0.3 is 0 Å². The van der Waals surface area contributed by atoms with Gasteiger partial charge in [0.1, 0.15) is 5.71 Å². The quantitative estimate of drug-likeness (QED) is 0.448. The summed E-state index contributed by atoms with van der Waals surface area (Å²) in [5.74, 6) is 0. The molecule has 110 valence electrons. The molecule has 21 heavy (non-hydrogen) atoms. The lowest BCUT2D eigenvalue weighted by Gasteiger charge is -2.09. The molecule has 6 heteroatoms. The number of allylic oxidation sites excluding steroid dienone is 3. The average Bonchev–Trinajstić information content (AvgIpc) is 2.44. The number of rotatable bonds is 3. The van der Waals surface area contributed by atoms with Gasteiger partial charge in [0.05, 0.1) is 11.4 Å². The summed E-state index contributed by atoms with van der Waals surface area (Å²) in [5, 5.41) is 25.5. The van der Waals surface area contributed by atoms with E-state index in [0.717, 1.165) is 28.7 Å². The Morgan fingerprint density at radius 3 is 2.81 bits per heavy atom. The van der Waals surface area contributed by atoms with Gasteiger partial charge in [-0.2, -0.15) is 4.73 Å². The van der Waals surface area contributed by atoms with Crippen molar-refractivity contribution in [3.63, 3.8) is 0 Å². The number of aryl methyl sites for hydroxylation is 1. The molecule has 0 fully saturated rings. The van der Waals surface area contributed by atoms with Crippen molar-refractivity contribution in [2.75, 3.05) is 0 Å². The first kappa shape index (κ1) is 14.8. The molecule has 0 bridgehead atoms. The van der Waals surface area contributed by atoms with E-state index < -0.39 is 0 Å². The van der Waals surface area contributed by atoms with Crippen LogP contribution >= 0.6 is 0 Å². The maximum atomic E-state index is 9.75. The SMILES string of the molecule is CCCc1ccn(O)c(=NN=C2C=C(C)C(=N)C=C2N)c1. The molecule has 0 radical (unpaired) electrons. The lowest BCUT2D eigenvalue weighted by Crippen LogP contribution is -2.20. The van der Waals surface area contributed by atoms with Crippen molar-refractivity contribution in [3.8, 4) is 0 Å². The molecule has 4 N–H and O–H groups in total. The molecule has 1 aliphatic rings. The minimum atomic E-state index is 0.341. The molecule has 0 saturated carbocycles. The van der Waals surface area contributed by atoms with Crippen molar-refractivity contribution >= 4 is 11.4 Å². The maximum absolute atomic E-state index is 9.75. The van der Waals surface area contributed by atoms with Crippen LogP contribution in [0.3, 0.4) is 0 Å². The van der Waals surface area contributed by atoms with Gasteiger partial charge in [-0.3, -0.25) is 0 Å². The van der Waals surface area contributed by atoms with Gasteiger partial charge < -0.3 is 16.4 Å². The minimum absolute atomic E-state index is 0.341. The first-order valence-corrected chi connectivity index (χ1v) is 6.78. The van der Waals surface area contributed by atoms with Crippen LogP contribution in [0.1, 0.15) is 25.8 Å². The first-order valence-electron chi connectivity index (χ1n) is 6.78. The van der Waals surface area contributed by atoms with Crippen molar-refractivity contribution < 1.29 is 5.21 Å². The van der Waals surface area contributed by atoms with Gasteiger partial charge in [0.2, 0.25) is 0 Å². The van der Waals surface area contributed by atoms with Crippen LogP contribution in [-0.2, 0) is 6.42 Å². The van der Waals surface area contributed by atoms with Gasteiger partial charge in [-0.15, -0.1) is 10.2 Å². The summed E-state index contributed by atoms with van der Waals surface area (Å²) in [7, 11) is 0. The second-order valence-corrected chi connectivity index (χ2v) is 4.91. The van der Waals surface area contributed by atoms with E-state index in [2.05, 4.69) is 17.1 Å². The summed E-state index contributed by atoms with van der Waals surface area (Å²) in [6, 6.07) is 3.63. The molecule has 1 aliphatic carbocycles. The minimum Gasteiger partial charge on any atom is -0.427 e. The zero-order valence-corrected chi connectivity index (χ0v) is 12.2. The lowest BCUT2D eigenvalue weighted by molar-refractivity contribution is 0.171. The summed E-state index contributed by atoms with van der Waals surface area (Å²) < 4.78 is 0.921. The van der Waals surface area contributed by atoms with Gasteiger partial charge in [0.25, 0.3) is 0 Å². The molecule has 1 aromatic rings. The largest absolute Gasteiger partial charge is 0.427 e. The summed E-state index contributed by atoms with van der Waals surface area (Å²) in [5.41, 5.74) is 9.28. The van der Waals surface area contributed by atoms with E-state index in [0.29, 0.717) is 22.6 Å². The number of nitrogens with zero attached hydrogens (tertiary/aromatic N) is 3. The van der Waals surface area contributed by atoms with Crippen LogP contribution in [-0.4, -0.2) is 21.4 Å². The smallest absolute Gasteiger partial charge is 0.190 e. The topological polar surface area (TPSA) is 99.7 Å². The second-order valence-electron chi connectivity index (χ2n) is 4.91. The summed E-state index contributed by atoms with van der Waals surface area (Å²) in [6.07, 6.45) is 6.73. The van der Waals surface area contributed by atoms with Crippen LogP contribution in [0.15, 0.2) is 52.0 Å². The van der Waals surface area contributed by atoms with Crippen LogP contribution in [0.2, 0.25) is 0 Å². The van der Waals surface area contributed by atoms with Crippen molar-refractivity contribution in [3.05, 3.63) is 52.8 Å². The third-order valence-corrected chi connectivity index (χ3v) is 3.15. The van der Waals surface area contributed by atoms with Gasteiger partial charge in [-0.1, -0.05) is 13.3 Å². The predicted molar refractivity (Wildman–Crippen MR) is 82.4 cm³/mol. The van der Waals surface area contributed by atoms with Crippen molar-refractivity contribution in [2.24, 2.45) is 15.9 Å². The third kappa shape index (κ3) is 3.47. The third-order valence-electron chi connectivity index (χ3n) is 3.15. The number of pyridine rings is 1. The van der Waals surface area contributed by atoms with E-state index in [1.807, 2.05) is 13.0 Å². The molecule has 0 spiro atoms. The molecule has 0 aliphatic heterocycles. The highest BCUT2D eigenvalue weighted by molar-refractivity contribution is 6.22. The number of hydrogen-bond donors (Lipinski definition) is 3. The Labute approximate surface area is 123 Å². The van der Waals surface area contributed by atoms with Crippen molar-refractivity contribution in [1.82, 2.24) is 4.73 Å². The van der Waals surface area contributed by atoms with E-state index in [1.54, 1.807) is 24.4 Å². The Kier molecular flexibility index (Phi) is 4.37. The van der Waals surface area contributed by atoms with Crippen molar-refractivity contribution in [1.29, 1.82) is 5.41 Å². The van der Waals surface area contributed by atoms with Crippen LogP contribution in [0, 0.1) is 5.41 Å². The summed E-state index contributed by atoms with van der Waals surface area (Å²) in [4.78, 5) is 0. The number of nitrogens with one attached hydrogen (secondary N) is 1. The molecular formula is C15H19N5O. The van der Waals surface area contributed by atoms with Crippen LogP contribution in [0.4, 0.5) is 0 Å². The zero-order valence-electron chi connectivity index (χ0n) is 12.2. The Morgan fingerprint density at radius 1 is 1.33 bits per heavy atom. The van der Waals surface area contributed by atoms with E-state index in [9.17, 15) is 5.21 Å². The summed E-state index contributed by atoms with van der Waals surface area (Å²) in [6.45, 7) is 3.90. The fourth-order valence-corrected chi connectivity index (χ4v) is 1.94. The highest BCUT2D eigenvalue weighted by Crippen LogP contribution is 2.09. The molecule has 6 nitrogen and oxygen atoms in total. The Bertz CT molecular complexity index is 722. The van der Waals surface area contributed by atoms with Crippen LogP contribution < -0.4 is 11.2 Å². The van der Waals surface area contributed by atoms with E-state index >= 15 is 0 Å². The predicted octanol–water partition coefficient (Wildman–Crippen LogP) is 1.76. The zero-order chi connectivity index (χ0) is 15.4. The molecule has 2 rings (SSSR count). The highest BCUT2D eigenvalue weighted by Gasteiger charge is 2.10. The molecular weight excluding hydrogens is 266 g/mol. The molecule has 0 saturated heterocycles. The van der Waals surface area contributed by atoms with Gasteiger partial charge in [0, 0.05) is 6.20 Å². The normalized spacial score (nSPS) is 17.9. The fourth-order valence-electron chi connectivity index (χ4n) is 1.94. The van der Waals surface area contributed by atoms with Gasteiger partial charge in [0.15, 0.2) is 5.49 Å². The van der Waals surface area contributed by atoms with Gasteiger partial charge in [-0.25, -0.2) is 0 Å². The fraction of sp³-hybridized carbons (Fsp3) is 0.267. The number of aromatic nitrogens is 1. The van der Waals surface area contributed by atoms with Crippen LogP contribution in [0.5, 0.6) is 0 Å². The summed E-state index contributed by atoms with van der Waals surface area (Å²) >= 11 is 0. The van der Waals surface area contributed by atoms with E-state index in [4.69, 9.17) is 11.1 Å². The van der Waals surface area contributed by atoms with Crippen LogP contribution in [0.25, 0.3) is 0 Å². The van der Waals surface area contributed by atoms with Gasteiger partial charge in [-0.05, 0) is 48.8 Å². The lowest BCUT2D eigenvalue weighted by atomic mass is 10.0. The van der Waals surface area contributed by atoms with Crippen molar-refractivity contribution in [2.45, 2.75) is 26.7 Å². The Balaban J connectivity index is 2.41. The highest BCUT2D eigenvalue weighted by atomic mass is 16.5. The molecule has 0 atom stereocenters. The second kappa shape index (κ2) is 6.21. The average molecular weight is 285 g/mol. The Hall–Kier alpha value is -2.63. The first-order chi connectivity index (χ1) is 10.0. The molecule has 0 unspecified atom stereocenters. The van der Waals surface area contributed by atoms with E-state index in [-0.39, 0.29) is 0 Å². The molecule has 1 heterocycles. The standard InChI is InChI=1S/C15H19N5O/c1-3-4-11-5-6-20(21)15(8-11)19-18-14-7-10(2)12(16)9-13(14)17/h5-9,16,21H,3-4,17H2,1-2H3. The molecule has 1 aromatic heterocycles. The maximum Gasteiger partial charge on any atom is 0.190 e. The van der Waals surface area contributed by atoms with E-state index in [1.165, 1.54) is 0 Å². The molecule has 0 aromatic carbocycles. The monoisotopic (exact) mass is 285 g/mol. The number of hydrogen-bond acceptors (Lipinski definition) is 5. The number of nitrogens with two attached hydrogens (primary N) is 1.